The van der Waals surface area contributed by atoms with Crippen LogP contribution in [0.15, 0.2) is 182 Å². The summed E-state index contributed by atoms with van der Waals surface area (Å²) in [5.41, 5.74) is 15.9. The molecule has 0 bridgehead atoms. The van der Waals surface area contributed by atoms with E-state index in [1.165, 1.54) is 82.7 Å². The van der Waals surface area contributed by atoms with Crippen LogP contribution in [-0.2, 0) is 6.42 Å². The smallest absolute Gasteiger partial charge is 0.0560 e. The summed E-state index contributed by atoms with van der Waals surface area (Å²) < 4.78 is 4.83. The minimum atomic E-state index is 0.254. The van der Waals surface area contributed by atoms with Gasteiger partial charge in [-0.1, -0.05) is 115 Å². The fourth-order valence-electron chi connectivity index (χ4n) is 8.79. The highest BCUT2D eigenvalue weighted by molar-refractivity contribution is 6.12. The summed E-state index contributed by atoms with van der Waals surface area (Å²) in [6.07, 6.45) is 2.88. The largest absolute Gasteiger partial charge is 0.309 e. The monoisotopic (exact) mass is 663 g/mol. The number of hydrogen-bond acceptors (Lipinski definition) is 1. The molecule has 1 unspecified atom stereocenters. The zero-order chi connectivity index (χ0) is 34.2. The Morgan fingerprint density at radius 1 is 0.423 bits per heavy atom. The Morgan fingerprint density at radius 2 is 1.04 bits per heavy atom. The van der Waals surface area contributed by atoms with Gasteiger partial charge in [-0.05, 0) is 94.9 Å². The first-order valence-electron chi connectivity index (χ1n) is 18.1. The highest BCUT2D eigenvalue weighted by Gasteiger charge is 2.27. The molecule has 3 aromatic heterocycles. The van der Waals surface area contributed by atoms with E-state index in [2.05, 4.69) is 185 Å². The van der Waals surface area contributed by atoms with Gasteiger partial charge in [-0.2, -0.15) is 0 Å². The van der Waals surface area contributed by atoms with Crippen LogP contribution >= 0.6 is 0 Å². The van der Waals surface area contributed by atoms with Crippen molar-refractivity contribution >= 4 is 43.6 Å². The first-order chi connectivity index (χ1) is 25.8. The number of rotatable bonds is 4. The maximum absolute atomic E-state index is 4.93. The lowest BCUT2D eigenvalue weighted by Gasteiger charge is -2.27. The Labute approximate surface area is 301 Å². The summed E-state index contributed by atoms with van der Waals surface area (Å²) in [6, 6.07) is 64.3. The summed E-state index contributed by atoms with van der Waals surface area (Å²) in [5, 5.41) is 5.04. The number of para-hydroxylation sites is 3. The second kappa shape index (κ2) is 11.4. The van der Waals surface area contributed by atoms with E-state index in [9.17, 15) is 0 Å². The molecule has 244 valence electrons. The molecular weight excluding hydrogens is 631 g/mol. The predicted octanol–water partition coefficient (Wildman–Crippen LogP) is 12.3. The van der Waals surface area contributed by atoms with Crippen molar-refractivity contribution in [2.45, 2.75) is 12.3 Å². The molecule has 0 radical (unpaired) electrons. The van der Waals surface area contributed by atoms with Gasteiger partial charge in [-0.25, -0.2) is 0 Å². The van der Waals surface area contributed by atoms with Gasteiger partial charge in [-0.3, -0.25) is 4.98 Å². The van der Waals surface area contributed by atoms with Crippen LogP contribution in [0.3, 0.4) is 0 Å². The maximum Gasteiger partial charge on any atom is 0.0560 e. The van der Waals surface area contributed by atoms with Crippen molar-refractivity contribution in [3.05, 3.63) is 199 Å². The molecule has 11 rings (SSSR count). The summed E-state index contributed by atoms with van der Waals surface area (Å²) in [4.78, 5) is 4.93. The molecule has 0 spiro atoms. The van der Waals surface area contributed by atoms with Crippen LogP contribution in [0.25, 0.3) is 77.2 Å². The van der Waals surface area contributed by atoms with E-state index in [-0.39, 0.29) is 5.92 Å². The zero-order valence-corrected chi connectivity index (χ0v) is 28.4. The number of hydrogen-bond donors (Lipinski definition) is 0. The SMILES string of the molecule is c1ccc(C2Cc3ccc(-c4cccc(-n5c6ccccc6c6cc(-n7c8ccccc8c8ccccc87)ccc65)c4)cc3-c3cccnc32)cc1. The van der Waals surface area contributed by atoms with Crippen molar-refractivity contribution in [2.75, 3.05) is 0 Å². The van der Waals surface area contributed by atoms with Gasteiger partial charge >= 0.3 is 0 Å². The molecule has 3 heterocycles. The van der Waals surface area contributed by atoms with Crippen molar-refractivity contribution in [1.82, 2.24) is 14.1 Å². The van der Waals surface area contributed by atoms with E-state index >= 15 is 0 Å². The molecule has 0 aliphatic heterocycles. The van der Waals surface area contributed by atoms with Crippen LogP contribution < -0.4 is 0 Å². The molecule has 1 atom stereocenters. The van der Waals surface area contributed by atoms with Crippen molar-refractivity contribution in [3.63, 3.8) is 0 Å². The van der Waals surface area contributed by atoms with E-state index in [0.29, 0.717) is 0 Å². The van der Waals surface area contributed by atoms with Gasteiger partial charge < -0.3 is 9.13 Å². The number of fused-ring (bicyclic) bond motifs is 9. The molecule has 0 saturated heterocycles. The average molecular weight is 664 g/mol. The number of aromatic nitrogens is 3. The van der Waals surface area contributed by atoms with Crippen LogP contribution in [0.2, 0.25) is 0 Å². The maximum atomic E-state index is 4.93. The molecule has 0 saturated carbocycles. The molecule has 3 nitrogen and oxygen atoms in total. The van der Waals surface area contributed by atoms with E-state index in [1.54, 1.807) is 0 Å². The summed E-state index contributed by atoms with van der Waals surface area (Å²) in [7, 11) is 0. The van der Waals surface area contributed by atoms with Gasteiger partial charge in [0.1, 0.15) is 0 Å². The highest BCUT2D eigenvalue weighted by atomic mass is 15.0. The molecule has 0 N–H and O–H groups in total. The van der Waals surface area contributed by atoms with Crippen LogP contribution in [-0.4, -0.2) is 14.1 Å². The summed E-state index contributed by atoms with van der Waals surface area (Å²) in [6.45, 7) is 0. The van der Waals surface area contributed by atoms with Crippen LogP contribution in [0, 0.1) is 0 Å². The average Bonchev–Trinajstić information content (AvgIpc) is 3.73. The van der Waals surface area contributed by atoms with Crippen molar-refractivity contribution in [2.24, 2.45) is 0 Å². The molecule has 3 heteroatoms. The molecule has 1 aliphatic carbocycles. The van der Waals surface area contributed by atoms with Crippen molar-refractivity contribution in [3.8, 4) is 33.6 Å². The molecule has 7 aromatic carbocycles. The zero-order valence-electron chi connectivity index (χ0n) is 28.4. The second-order valence-electron chi connectivity index (χ2n) is 13.9. The third-order valence-corrected chi connectivity index (χ3v) is 11.1. The Bertz CT molecular complexity index is 2950. The summed E-state index contributed by atoms with van der Waals surface area (Å²) in [5.74, 6) is 0.254. The van der Waals surface area contributed by atoms with Crippen molar-refractivity contribution < 1.29 is 0 Å². The van der Waals surface area contributed by atoms with Gasteiger partial charge in [0, 0.05) is 50.6 Å². The Balaban J connectivity index is 1.04. The van der Waals surface area contributed by atoms with Gasteiger partial charge in [0.15, 0.2) is 0 Å². The van der Waals surface area contributed by atoms with Gasteiger partial charge in [0.05, 0.1) is 27.8 Å². The minimum absolute atomic E-state index is 0.254. The predicted molar refractivity (Wildman–Crippen MR) is 216 cm³/mol. The third-order valence-electron chi connectivity index (χ3n) is 11.1. The summed E-state index contributed by atoms with van der Waals surface area (Å²) >= 11 is 0. The fourth-order valence-corrected chi connectivity index (χ4v) is 8.79. The molecule has 0 amide bonds. The van der Waals surface area contributed by atoms with Gasteiger partial charge in [0.2, 0.25) is 0 Å². The van der Waals surface area contributed by atoms with Gasteiger partial charge in [0.25, 0.3) is 0 Å². The van der Waals surface area contributed by atoms with E-state index in [1.807, 2.05) is 6.20 Å². The standard InChI is InChI=1S/C49H33N3/c1-2-12-32(13-3-1)43-30-35-24-23-34(29-42(35)41-19-11-27-50-49(41)43)33-14-10-15-36(28-33)51-47-22-9-6-18-40(47)44-31-37(25-26-48(44)51)52-45-20-7-4-16-38(45)39-17-5-8-21-46(39)52/h1-29,31,43H,30H2. The van der Waals surface area contributed by atoms with Crippen LogP contribution in [0.1, 0.15) is 22.7 Å². The molecule has 52 heavy (non-hydrogen) atoms. The Kier molecular flexibility index (Phi) is 6.38. The fraction of sp³-hybridized carbons (Fsp3) is 0.0408. The second-order valence-corrected chi connectivity index (χ2v) is 13.9. The lowest BCUT2D eigenvalue weighted by molar-refractivity contribution is 0.763. The normalized spacial score (nSPS) is 13.9. The first-order valence-corrected chi connectivity index (χ1v) is 18.1. The molecular formula is C49H33N3. The minimum Gasteiger partial charge on any atom is -0.309 e. The lowest BCUT2D eigenvalue weighted by Crippen LogP contribution is -2.14. The quantitative estimate of drug-likeness (QED) is 0.184. The molecule has 10 aromatic rings. The highest BCUT2D eigenvalue weighted by Crippen LogP contribution is 2.43. The number of benzene rings is 7. The van der Waals surface area contributed by atoms with E-state index < -0.39 is 0 Å². The van der Waals surface area contributed by atoms with Crippen LogP contribution in [0.4, 0.5) is 0 Å². The first kappa shape index (κ1) is 29.1. The number of pyridine rings is 1. The van der Waals surface area contributed by atoms with E-state index in [0.717, 1.165) is 17.8 Å². The lowest BCUT2D eigenvalue weighted by atomic mass is 9.77. The topological polar surface area (TPSA) is 22.8 Å². The van der Waals surface area contributed by atoms with E-state index in [4.69, 9.17) is 4.98 Å². The Morgan fingerprint density at radius 3 is 1.77 bits per heavy atom. The van der Waals surface area contributed by atoms with Crippen LogP contribution in [0.5, 0.6) is 0 Å². The van der Waals surface area contributed by atoms with Gasteiger partial charge in [-0.15, -0.1) is 0 Å². The number of nitrogens with zero attached hydrogens (tertiary/aromatic N) is 3. The Hall–Kier alpha value is -6.71. The van der Waals surface area contributed by atoms with Crippen molar-refractivity contribution in [1.29, 1.82) is 0 Å². The third kappa shape index (κ3) is 4.36. The molecule has 1 aliphatic rings. The molecule has 0 fully saturated rings.